The number of rotatable bonds is 5. The quantitative estimate of drug-likeness (QED) is 0.775. The highest BCUT2D eigenvalue weighted by atomic mass is 16.3. The largest absolute Gasteiger partial charge is 0.386 e. The maximum atomic E-state index is 10.0. The van der Waals surface area contributed by atoms with E-state index in [2.05, 4.69) is 25.9 Å². The van der Waals surface area contributed by atoms with Gasteiger partial charge in [0.15, 0.2) is 0 Å². The summed E-state index contributed by atoms with van der Waals surface area (Å²) >= 11 is 0. The zero-order valence-corrected chi connectivity index (χ0v) is 11.6. The van der Waals surface area contributed by atoms with Gasteiger partial charge in [-0.05, 0) is 30.9 Å². The second-order valence-electron chi connectivity index (χ2n) is 5.62. The Morgan fingerprint density at radius 1 is 1.24 bits per heavy atom. The SMILES string of the molecule is O[C@H](c1cn(CCn2cnc3ccccc32)nn1)C1CC1. The molecular formula is C15H17N5O. The van der Waals surface area contributed by atoms with Crippen molar-refractivity contribution in [2.24, 2.45) is 5.92 Å². The van der Waals surface area contributed by atoms with Crippen molar-refractivity contribution < 1.29 is 5.11 Å². The van der Waals surface area contributed by atoms with E-state index in [1.165, 1.54) is 0 Å². The Bertz CT molecular complexity index is 758. The lowest BCUT2D eigenvalue weighted by molar-refractivity contribution is 0.149. The molecule has 1 fully saturated rings. The van der Waals surface area contributed by atoms with Crippen LogP contribution in [-0.2, 0) is 13.1 Å². The predicted molar refractivity (Wildman–Crippen MR) is 77.4 cm³/mol. The molecule has 0 amide bonds. The summed E-state index contributed by atoms with van der Waals surface area (Å²) in [5, 5.41) is 18.2. The van der Waals surface area contributed by atoms with Gasteiger partial charge in [-0.1, -0.05) is 17.3 Å². The molecule has 1 aliphatic carbocycles. The first-order chi connectivity index (χ1) is 10.3. The van der Waals surface area contributed by atoms with Crippen LogP contribution < -0.4 is 0 Å². The number of nitrogens with zero attached hydrogens (tertiary/aromatic N) is 5. The van der Waals surface area contributed by atoms with Gasteiger partial charge in [0.25, 0.3) is 0 Å². The van der Waals surface area contributed by atoms with Gasteiger partial charge in [0.2, 0.25) is 0 Å². The minimum absolute atomic E-state index is 0.382. The summed E-state index contributed by atoms with van der Waals surface area (Å²) < 4.78 is 3.89. The van der Waals surface area contributed by atoms with Crippen LogP contribution in [0, 0.1) is 5.92 Å². The number of hydrogen-bond donors (Lipinski definition) is 1. The molecule has 0 bridgehead atoms. The number of aliphatic hydroxyl groups is 1. The minimum atomic E-state index is -0.451. The average molecular weight is 283 g/mol. The summed E-state index contributed by atoms with van der Waals surface area (Å²) in [7, 11) is 0. The summed E-state index contributed by atoms with van der Waals surface area (Å²) in [6.45, 7) is 1.49. The van der Waals surface area contributed by atoms with Crippen molar-refractivity contribution in [1.82, 2.24) is 24.5 Å². The van der Waals surface area contributed by atoms with Crippen LogP contribution in [0.5, 0.6) is 0 Å². The van der Waals surface area contributed by atoms with Gasteiger partial charge in [0.1, 0.15) is 11.8 Å². The van der Waals surface area contributed by atoms with E-state index >= 15 is 0 Å². The molecule has 0 saturated heterocycles. The second kappa shape index (κ2) is 4.96. The van der Waals surface area contributed by atoms with E-state index in [4.69, 9.17) is 0 Å². The first kappa shape index (κ1) is 12.5. The third kappa shape index (κ3) is 2.42. The molecule has 2 aromatic heterocycles. The summed E-state index contributed by atoms with van der Waals surface area (Å²) in [5.74, 6) is 0.382. The molecule has 1 aromatic carbocycles. The Morgan fingerprint density at radius 2 is 2.10 bits per heavy atom. The van der Waals surface area contributed by atoms with E-state index in [1.54, 1.807) is 4.68 Å². The fourth-order valence-corrected chi connectivity index (χ4v) is 2.61. The summed E-state index contributed by atoms with van der Waals surface area (Å²) in [6.07, 6.45) is 5.43. The minimum Gasteiger partial charge on any atom is -0.386 e. The van der Waals surface area contributed by atoms with Crippen LogP contribution in [-0.4, -0.2) is 29.7 Å². The van der Waals surface area contributed by atoms with Crippen LogP contribution in [0.25, 0.3) is 11.0 Å². The third-order valence-electron chi connectivity index (χ3n) is 4.03. The van der Waals surface area contributed by atoms with Crippen molar-refractivity contribution in [3.05, 3.63) is 42.5 Å². The van der Waals surface area contributed by atoms with E-state index in [1.807, 2.05) is 30.7 Å². The van der Waals surface area contributed by atoms with E-state index in [9.17, 15) is 5.11 Å². The number of aryl methyl sites for hydroxylation is 2. The molecule has 3 aromatic rings. The molecule has 1 atom stereocenters. The molecule has 0 spiro atoms. The highest BCUT2D eigenvalue weighted by Gasteiger charge is 2.32. The van der Waals surface area contributed by atoms with Gasteiger partial charge in [-0.3, -0.25) is 4.68 Å². The summed E-state index contributed by atoms with van der Waals surface area (Å²) in [5.41, 5.74) is 2.81. The smallest absolute Gasteiger partial charge is 0.111 e. The molecule has 0 aliphatic heterocycles. The lowest BCUT2D eigenvalue weighted by Crippen LogP contribution is -2.07. The lowest BCUT2D eigenvalue weighted by Gasteiger charge is -2.04. The molecule has 21 heavy (non-hydrogen) atoms. The Kier molecular flexibility index (Phi) is 2.96. The number of benzene rings is 1. The normalized spacial score (nSPS) is 16.4. The fraction of sp³-hybridized carbons (Fsp3) is 0.400. The molecule has 4 rings (SSSR count). The number of imidazole rings is 1. The van der Waals surface area contributed by atoms with Crippen LogP contribution in [0.1, 0.15) is 24.6 Å². The monoisotopic (exact) mass is 283 g/mol. The van der Waals surface area contributed by atoms with Crippen LogP contribution in [0.3, 0.4) is 0 Å². The van der Waals surface area contributed by atoms with Gasteiger partial charge in [-0.2, -0.15) is 0 Å². The van der Waals surface area contributed by atoms with Gasteiger partial charge in [0.05, 0.1) is 30.1 Å². The standard InChI is InChI=1S/C15H17N5O/c21-15(11-5-6-11)13-9-20(18-17-13)8-7-19-10-16-12-3-1-2-4-14(12)19/h1-4,9-11,15,21H,5-8H2/t15-/m0/s1. The fourth-order valence-electron chi connectivity index (χ4n) is 2.61. The highest BCUT2D eigenvalue weighted by Crippen LogP contribution is 2.39. The molecule has 2 heterocycles. The van der Waals surface area contributed by atoms with E-state index in [0.29, 0.717) is 18.2 Å². The van der Waals surface area contributed by atoms with Gasteiger partial charge in [-0.25, -0.2) is 4.98 Å². The molecule has 6 heteroatoms. The molecular weight excluding hydrogens is 266 g/mol. The molecule has 1 aliphatic rings. The van der Waals surface area contributed by atoms with Crippen molar-refractivity contribution in [2.45, 2.75) is 32.0 Å². The molecule has 1 saturated carbocycles. The zero-order chi connectivity index (χ0) is 14.2. The maximum Gasteiger partial charge on any atom is 0.111 e. The summed E-state index contributed by atoms with van der Waals surface area (Å²) in [4.78, 5) is 4.37. The van der Waals surface area contributed by atoms with E-state index in [0.717, 1.165) is 30.4 Å². The van der Waals surface area contributed by atoms with Gasteiger partial charge in [0, 0.05) is 6.54 Å². The van der Waals surface area contributed by atoms with Crippen molar-refractivity contribution in [3.63, 3.8) is 0 Å². The van der Waals surface area contributed by atoms with Gasteiger partial charge >= 0.3 is 0 Å². The first-order valence-electron chi connectivity index (χ1n) is 7.29. The molecule has 6 nitrogen and oxygen atoms in total. The third-order valence-corrected chi connectivity index (χ3v) is 4.03. The Morgan fingerprint density at radius 3 is 2.95 bits per heavy atom. The second-order valence-corrected chi connectivity index (χ2v) is 5.62. The number of fused-ring (bicyclic) bond motifs is 1. The Labute approximate surface area is 122 Å². The molecule has 0 unspecified atom stereocenters. The van der Waals surface area contributed by atoms with Gasteiger partial charge < -0.3 is 9.67 Å². The first-order valence-corrected chi connectivity index (χ1v) is 7.29. The van der Waals surface area contributed by atoms with Crippen molar-refractivity contribution in [3.8, 4) is 0 Å². The Balaban J connectivity index is 1.46. The molecule has 0 radical (unpaired) electrons. The van der Waals surface area contributed by atoms with E-state index in [-0.39, 0.29) is 0 Å². The molecule has 1 N–H and O–H groups in total. The van der Waals surface area contributed by atoms with Crippen LogP contribution in [0.4, 0.5) is 0 Å². The van der Waals surface area contributed by atoms with Crippen molar-refractivity contribution in [2.75, 3.05) is 0 Å². The van der Waals surface area contributed by atoms with Crippen LogP contribution >= 0.6 is 0 Å². The maximum absolute atomic E-state index is 10.0. The summed E-state index contributed by atoms with van der Waals surface area (Å²) in [6, 6.07) is 8.07. The zero-order valence-electron chi connectivity index (χ0n) is 11.6. The van der Waals surface area contributed by atoms with E-state index < -0.39 is 6.10 Å². The van der Waals surface area contributed by atoms with Crippen LogP contribution in [0.2, 0.25) is 0 Å². The van der Waals surface area contributed by atoms with Gasteiger partial charge in [-0.15, -0.1) is 5.10 Å². The number of para-hydroxylation sites is 2. The average Bonchev–Trinajstić information content (AvgIpc) is 3.11. The van der Waals surface area contributed by atoms with Crippen LogP contribution in [0.15, 0.2) is 36.8 Å². The predicted octanol–water partition coefficient (Wildman–Crippen LogP) is 1.77. The van der Waals surface area contributed by atoms with Crippen molar-refractivity contribution >= 4 is 11.0 Å². The number of hydrogen-bond acceptors (Lipinski definition) is 4. The number of aliphatic hydroxyl groups excluding tert-OH is 1. The topological polar surface area (TPSA) is 68.8 Å². The number of aromatic nitrogens is 5. The highest BCUT2D eigenvalue weighted by molar-refractivity contribution is 5.74. The van der Waals surface area contributed by atoms with Crippen molar-refractivity contribution in [1.29, 1.82) is 0 Å². The molecule has 108 valence electrons. The lowest BCUT2D eigenvalue weighted by atomic mass is 10.2. The Hall–Kier alpha value is -2.21.